The van der Waals surface area contributed by atoms with Gasteiger partial charge in [-0.3, -0.25) is 9.69 Å². The number of cyclic esters (lactones) is 1. The van der Waals surface area contributed by atoms with E-state index in [4.69, 9.17) is 15.2 Å². The highest BCUT2D eigenvalue weighted by atomic mass is 127. The molecule has 0 unspecified atom stereocenters. The van der Waals surface area contributed by atoms with Crippen LogP contribution in [0.3, 0.4) is 0 Å². The summed E-state index contributed by atoms with van der Waals surface area (Å²) in [5.41, 5.74) is 7.05. The van der Waals surface area contributed by atoms with Crippen molar-refractivity contribution in [1.29, 1.82) is 0 Å². The fourth-order valence-electron chi connectivity index (χ4n) is 2.46. The first kappa shape index (κ1) is 17.0. The van der Waals surface area contributed by atoms with Crippen LogP contribution in [0, 0.1) is 0 Å². The Kier molecular flexibility index (Phi) is 5.59. The lowest BCUT2D eigenvalue weighted by Gasteiger charge is -2.27. The number of nitrogens with two attached hydrogens (primary N) is 1. The molecule has 0 aromatic heterocycles. The van der Waals surface area contributed by atoms with Crippen molar-refractivity contribution >= 4 is 47.4 Å². The van der Waals surface area contributed by atoms with Crippen LogP contribution < -0.4 is 15.5 Å². The smallest absolute Gasteiger partial charge is 0.414 e. The van der Waals surface area contributed by atoms with Crippen LogP contribution in [0.2, 0.25) is 0 Å². The van der Waals surface area contributed by atoms with Crippen LogP contribution in [-0.2, 0) is 14.3 Å². The number of halogens is 1. The van der Waals surface area contributed by atoms with Crippen molar-refractivity contribution in [3.05, 3.63) is 24.3 Å². The minimum Gasteiger partial charge on any atom is -0.443 e. The molecule has 2 N–H and O–H groups in total. The normalized spacial score (nSPS) is 21.6. The number of ether oxygens (including phenoxy) is 2. The lowest BCUT2D eigenvalue weighted by molar-refractivity contribution is -0.125. The molecule has 0 radical (unpaired) electrons. The van der Waals surface area contributed by atoms with Crippen molar-refractivity contribution in [2.24, 2.45) is 5.73 Å². The number of hydrogen-bond acceptors (Lipinski definition) is 5. The maximum absolute atomic E-state index is 11.8. The molecule has 2 aliphatic rings. The highest BCUT2D eigenvalue weighted by molar-refractivity contribution is 14.0. The van der Waals surface area contributed by atoms with E-state index in [2.05, 4.69) is 0 Å². The Labute approximate surface area is 145 Å². The Hall–Kier alpha value is -1.39. The van der Waals surface area contributed by atoms with Crippen molar-refractivity contribution in [3.8, 4) is 0 Å². The van der Waals surface area contributed by atoms with E-state index in [0.717, 1.165) is 11.4 Å². The van der Waals surface area contributed by atoms with Gasteiger partial charge in [-0.2, -0.15) is 0 Å². The summed E-state index contributed by atoms with van der Waals surface area (Å²) < 4.78 is 10.2. The molecule has 0 spiro atoms. The van der Waals surface area contributed by atoms with Gasteiger partial charge in [0.15, 0.2) is 0 Å². The zero-order chi connectivity index (χ0) is 14.8. The van der Waals surface area contributed by atoms with Crippen molar-refractivity contribution in [3.63, 3.8) is 0 Å². The summed E-state index contributed by atoms with van der Waals surface area (Å²) in [6.45, 7) is 1.94. The third-order valence-corrected chi connectivity index (χ3v) is 3.60. The average Bonchev–Trinajstić information content (AvgIpc) is 2.89. The minimum atomic E-state index is -0.388. The zero-order valence-electron chi connectivity index (χ0n) is 11.9. The molecule has 2 amide bonds. The Morgan fingerprint density at radius 3 is 2.32 bits per heavy atom. The van der Waals surface area contributed by atoms with Gasteiger partial charge in [0.2, 0.25) is 0 Å². The first-order valence-electron chi connectivity index (χ1n) is 6.85. The molecule has 8 heteroatoms. The van der Waals surface area contributed by atoms with Gasteiger partial charge < -0.3 is 20.1 Å². The summed E-state index contributed by atoms with van der Waals surface area (Å²) in [7, 11) is 0. The Morgan fingerprint density at radius 1 is 1.14 bits per heavy atom. The van der Waals surface area contributed by atoms with Gasteiger partial charge in [-0.15, -0.1) is 24.0 Å². The molecule has 0 aliphatic carbocycles. The van der Waals surface area contributed by atoms with Gasteiger partial charge in [0.25, 0.3) is 5.91 Å². The molecule has 2 heterocycles. The predicted octanol–water partition coefficient (Wildman–Crippen LogP) is 0.952. The number of rotatable bonds is 3. The number of carbonyl (C=O) groups excluding carboxylic acids is 2. The second-order valence-electron chi connectivity index (χ2n) is 4.97. The third kappa shape index (κ3) is 3.33. The van der Waals surface area contributed by atoms with Gasteiger partial charge in [0.1, 0.15) is 12.7 Å². The highest BCUT2D eigenvalue weighted by Crippen LogP contribution is 2.25. The van der Waals surface area contributed by atoms with Crippen LogP contribution in [0.15, 0.2) is 24.3 Å². The SMILES string of the molecule is I.NC[C@H]1CN(c2ccc(N3CCOCC3=O)cc2)C(=O)O1. The number of benzene rings is 1. The number of morpholine rings is 1. The number of anilines is 2. The van der Waals surface area contributed by atoms with E-state index in [-0.39, 0.29) is 48.7 Å². The van der Waals surface area contributed by atoms with Crippen LogP contribution in [0.25, 0.3) is 0 Å². The number of hydrogen-bond donors (Lipinski definition) is 1. The van der Waals surface area contributed by atoms with E-state index in [1.165, 1.54) is 0 Å². The zero-order valence-corrected chi connectivity index (χ0v) is 14.3. The first-order valence-corrected chi connectivity index (χ1v) is 6.85. The summed E-state index contributed by atoms with van der Waals surface area (Å²) in [6.07, 6.45) is -0.654. The van der Waals surface area contributed by atoms with Crippen LogP contribution in [0.5, 0.6) is 0 Å². The van der Waals surface area contributed by atoms with Gasteiger partial charge in [0.05, 0.1) is 13.2 Å². The van der Waals surface area contributed by atoms with E-state index in [1.54, 1.807) is 21.9 Å². The lowest BCUT2D eigenvalue weighted by atomic mass is 10.2. The summed E-state index contributed by atoms with van der Waals surface area (Å²) in [5.74, 6) is -0.0576. The fourth-order valence-corrected chi connectivity index (χ4v) is 2.46. The van der Waals surface area contributed by atoms with Crippen LogP contribution in [0.4, 0.5) is 16.2 Å². The molecule has 0 bridgehead atoms. The van der Waals surface area contributed by atoms with E-state index in [9.17, 15) is 9.59 Å². The van der Waals surface area contributed by atoms with E-state index >= 15 is 0 Å². The summed E-state index contributed by atoms with van der Waals surface area (Å²) in [5, 5.41) is 0. The molecule has 2 fully saturated rings. The van der Waals surface area contributed by atoms with Gasteiger partial charge in [-0.05, 0) is 24.3 Å². The maximum atomic E-state index is 11.8. The van der Waals surface area contributed by atoms with Crippen molar-refractivity contribution in [1.82, 2.24) is 0 Å². The van der Waals surface area contributed by atoms with Gasteiger partial charge in [0, 0.05) is 24.5 Å². The summed E-state index contributed by atoms with van der Waals surface area (Å²) in [6, 6.07) is 7.25. The molecular formula is C14H18IN3O4. The summed E-state index contributed by atoms with van der Waals surface area (Å²) >= 11 is 0. The fraction of sp³-hybridized carbons (Fsp3) is 0.429. The Morgan fingerprint density at radius 2 is 1.77 bits per heavy atom. The molecule has 0 saturated carbocycles. The van der Waals surface area contributed by atoms with Crippen LogP contribution in [-0.4, -0.2) is 51.0 Å². The molecule has 22 heavy (non-hydrogen) atoms. The maximum Gasteiger partial charge on any atom is 0.414 e. The molecule has 1 atom stereocenters. The molecule has 1 aromatic carbocycles. The molecule has 1 aromatic rings. The van der Waals surface area contributed by atoms with Gasteiger partial charge in [-0.1, -0.05) is 0 Å². The standard InChI is InChI=1S/C14H17N3O4.HI/c15-7-12-8-17(14(19)21-12)11-3-1-10(2-4-11)16-5-6-20-9-13(16)18;/h1-4,12H,5-9,15H2;1H/t12-;/m0./s1. The van der Waals surface area contributed by atoms with Gasteiger partial charge >= 0.3 is 6.09 Å². The van der Waals surface area contributed by atoms with E-state index < -0.39 is 0 Å². The summed E-state index contributed by atoms with van der Waals surface area (Å²) in [4.78, 5) is 26.7. The molecule has 2 saturated heterocycles. The molecular weight excluding hydrogens is 401 g/mol. The van der Waals surface area contributed by atoms with Crippen molar-refractivity contribution in [2.75, 3.05) is 42.6 Å². The van der Waals surface area contributed by atoms with E-state index in [0.29, 0.717) is 26.2 Å². The topological polar surface area (TPSA) is 85.1 Å². The lowest BCUT2D eigenvalue weighted by Crippen LogP contribution is -2.41. The van der Waals surface area contributed by atoms with Gasteiger partial charge in [-0.25, -0.2) is 4.79 Å². The number of amides is 2. The molecule has 3 rings (SSSR count). The minimum absolute atomic E-state index is 0. The Balaban J connectivity index is 0.00000176. The van der Waals surface area contributed by atoms with Crippen LogP contribution >= 0.6 is 24.0 Å². The Bertz CT molecular complexity index is 552. The second-order valence-corrected chi connectivity index (χ2v) is 4.97. The molecule has 7 nitrogen and oxygen atoms in total. The second kappa shape index (κ2) is 7.25. The third-order valence-electron chi connectivity index (χ3n) is 3.60. The quantitative estimate of drug-likeness (QED) is 0.738. The largest absolute Gasteiger partial charge is 0.443 e. The first-order chi connectivity index (χ1) is 10.2. The monoisotopic (exact) mass is 419 g/mol. The van der Waals surface area contributed by atoms with Crippen LogP contribution in [0.1, 0.15) is 0 Å². The number of carbonyl (C=O) groups is 2. The van der Waals surface area contributed by atoms with E-state index in [1.807, 2.05) is 12.1 Å². The van der Waals surface area contributed by atoms with Crippen molar-refractivity contribution < 1.29 is 19.1 Å². The molecule has 120 valence electrons. The average molecular weight is 419 g/mol. The predicted molar refractivity (Wildman–Crippen MR) is 91.7 cm³/mol. The number of nitrogens with zero attached hydrogens (tertiary/aromatic N) is 2. The van der Waals surface area contributed by atoms with Crippen molar-refractivity contribution in [2.45, 2.75) is 6.10 Å². The molecule has 2 aliphatic heterocycles. The highest BCUT2D eigenvalue weighted by Gasteiger charge is 2.31.